The summed E-state index contributed by atoms with van der Waals surface area (Å²) in [6, 6.07) is 9.15. The van der Waals surface area contributed by atoms with E-state index in [0.717, 1.165) is 12.1 Å². The second-order valence-corrected chi connectivity index (χ2v) is 6.31. The zero-order valence-electron chi connectivity index (χ0n) is 12.0. The Morgan fingerprint density at radius 1 is 1.26 bits per heavy atom. The van der Waals surface area contributed by atoms with Gasteiger partial charge in [0.25, 0.3) is 0 Å². The first-order valence-electron chi connectivity index (χ1n) is 6.40. The van der Waals surface area contributed by atoms with E-state index in [9.17, 15) is 22.9 Å². The van der Waals surface area contributed by atoms with Crippen LogP contribution >= 0.6 is 0 Å². The maximum Gasteiger partial charge on any atom is 0.306 e. The molecule has 0 radical (unpaired) electrons. The van der Waals surface area contributed by atoms with E-state index in [-0.39, 0.29) is 11.4 Å². The van der Waals surface area contributed by atoms with Gasteiger partial charge in [0.15, 0.2) is 0 Å². The van der Waals surface area contributed by atoms with Crippen LogP contribution in [-0.4, -0.2) is 20.5 Å². The lowest BCUT2D eigenvalue weighted by Gasteiger charge is -2.08. The summed E-state index contributed by atoms with van der Waals surface area (Å²) in [6.45, 7) is -0.0370. The molecule has 7 nitrogen and oxygen atoms in total. The summed E-state index contributed by atoms with van der Waals surface area (Å²) in [7, 11) is -2.53. The van der Waals surface area contributed by atoms with Gasteiger partial charge in [-0.3, -0.25) is 10.1 Å². The highest BCUT2D eigenvalue weighted by Gasteiger charge is 2.21. The number of rotatable bonds is 6. The number of nitrogens with one attached hydrogen (secondary N) is 1. The molecule has 0 aliphatic heterocycles. The molecule has 0 aromatic heterocycles. The average molecular weight is 340 g/mol. The van der Waals surface area contributed by atoms with Crippen molar-refractivity contribution < 1.29 is 22.5 Å². The van der Waals surface area contributed by atoms with E-state index in [1.54, 1.807) is 24.3 Å². The molecule has 23 heavy (non-hydrogen) atoms. The van der Waals surface area contributed by atoms with Gasteiger partial charge in [-0.15, -0.1) is 0 Å². The molecule has 2 aromatic rings. The van der Waals surface area contributed by atoms with E-state index in [1.165, 1.54) is 7.11 Å². The van der Waals surface area contributed by atoms with Gasteiger partial charge >= 0.3 is 5.69 Å². The minimum Gasteiger partial charge on any atom is -0.497 e. The van der Waals surface area contributed by atoms with E-state index < -0.39 is 26.5 Å². The average Bonchev–Trinajstić information content (AvgIpc) is 2.53. The summed E-state index contributed by atoms with van der Waals surface area (Å²) < 4.78 is 44.9. The van der Waals surface area contributed by atoms with Crippen molar-refractivity contribution in [2.24, 2.45) is 0 Å². The van der Waals surface area contributed by atoms with E-state index in [4.69, 9.17) is 4.74 Å². The summed E-state index contributed by atoms with van der Waals surface area (Å²) in [6.07, 6.45) is 0. The van der Waals surface area contributed by atoms with Crippen molar-refractivity contribution in [1.29, 1.82) is 0 Å². The van der Waals surface area contributed by atoms with Crippen LogP contribution < -0.4 is 9.46 Å². The molecule has 0 fully saturated rings. The molecule has 9 heteroatoms. The molecule has 0 unspecified atom stereocenters. The summed E-state index contributed by atoms with van der Waals surface area (Å²) >= 11 is 0. The van der Waals surface area contributed by atoms with Crippen LogP contribution in [-0.2, 0) is 16.6 Å². The van der Waals surface area contributed by atoms with Crippen molar-refractivity contribution in [3.8, 4) is 5.75 Å². The molecule has 0 aliphatic rings. The highest BCUT2D eigenvalue weighted by molar-refractivity contribution is 7.89. The van der Waals surface area contributed by atoms with E-state index in [1.807, 2.05) is 0 Å². The number of halogens is 1. The van der Waals surface area contributed by atoms with Crippen LogP contribution in [0.1, 0.15) is 5.56 Å². The van der Waals surface area contributed by atoms with Crippen LogP contribution in [0.25, 0.3) is 0 Å². The number of benzene rings is 2. The van der Waals surface area contributed by atoms with Crippen molar-refractivity contribution in [2.45, 2.75) is 11.4 Å². The standard InChI is InChI=1S/C14H13FN2O5S/c1-22-11-4-2-3-10(7-11)9-16-23(20,21)12-5-6-13(15)14(8-12)17(18)19/h2-8,16H,9H2,1H3. The Bertz CT molecular complexity index is 839. The third-order valence-electron chi connectivity index (χ3n) is 3.03. The number of nitro benzene ring substituents is 1. The minimum absolute atomic E-state index is 0.0370. The fourth-order valence-corrected chi connectivity index (χ4v) is 2.88. The van der Waals surface area contributed by atoms with Crippen LogP contribution in [0.3, 0.4) is 0 Å². The number of ether oxygens (including phenoxy) is 1. The lowest BCUT2D eigenvalue weighted by molar-refractivity contribution is -0.387. The summed E-state index contributed by atoms with van der Waals surface area (Å²) in [4.78, 5) is 9.33. The zero-order valence-corrected chi connectivity index (χ0v) is 12.8. The Morgan fingerprint density at radius 2 is 2.00 bits per heavy atom. The predicted molar refractivity (Wildman–Crippen MR) is 80.1 cm³/mol. The molecular formula is C14H13FN2O5S. The van der Waals surface area contributed by atoms with Crippen LogP contribution in [0.5, 0.6) is 5.75 Å². The van der Waals surface area contributed by atoms with Gasteiger partial charge in [-0.1, -0.05) is 12.1 Å². The molecule has 2 rings (SSSR count). The van der Waals surface area contributed by atoms with Crippen LogP contribution in [0, 0.1) is 15.9 Å². The maximum absolute atomic E-state index is 13.3. The summed E-state index contributed by atoms with van der Waals surface area (Å²) in [5.74, 6) is -0.527. The molecule has 1 N–H and O–H groups in total. The third kappa shape index (κ3) is 4.02. The van der Waals surface area contributed by atoms with Gasteiger partial charge in [0.2, 0.25) is 15.8 Å². The molecule has 0 saturated heterocycles. The lowest BCUT2D eigenvalue weighted by atomic mass is 10.2. The van der Waals surface area contributed by atoms with E-state index in [0.29, 0.717) is 17.4 Å². The summed E-state index contributed by atoms with van der Waals surface area (Å²) in [5, 5.41) is 10.7. The molecule has 0 bridgehead atoms. The Morgan fingerprint density at radius 3 is 2.65 bits per heavy atom. The first kappa shape index (κ1) is 16.8. The second-order valence-electron chi connectivity index (χ2n) is 4.55. The minimum atomic E-state index is -4.01. The van der Waals surface area contributed by atoms with Crippen LogP contribution in [0.15, 0.2) is 47.4 Å². The predicted octanol–water partition coefficient (Wildman–Crippen LogP) is 2.22. The summed E-state index contributed by atoms with van der Waals surface area (Å²) in [5.41, 5.74) is -0.251. The van der Waals surface area contributed by atoms with Crippen molar-refractivity contribution in [1.82, 2.24) is 4.72 Å². The fraction of sp³-hybridized carbons (Fsp3) is 0.143. The topological polar surface area (TPSA) is 98.5 Å². The van der Waals surface area contributed by atoms with Crippen molar-refractivity contribution in [2.75, 3.05) is 7.11 Å². The monoisotopic (exact) mass is 340 g/mol. The highest BCUT2D eigenvalue weighted by Crippen LogP contribution is 2.21. The van der Waals surface area contributed by atoms with Gasteiger partial charge in [0.05, 0.1) is 16.9 Å². The van der Waals surface area contributed by atoms with Gasteiger partial charge in [0, 0.05) is 12.6 Å². The quantitative estimate of drug-likeness (QED) is 0.642. The Balaban J connectivity index is 2.22. The molecule has 0 saturated carbocycles. The van der Waals surface area contributed by atoms with E-state index in [2.05, 4.69) is 4.72 Å². The number of hydrogen-bond donors (Lipinski definition) is 1. The number of hydrogen-bond acceptors (Lipinski definition) is 5. The van der Waals surface area contributed by atoms with Gasteiger partial charge in [-0.05, 0) is 29.8 Å². The Hall–Kier alpha value is -2.52. The van der Waals surface area contributed by atoms with Gasteiger partial charge < -0.3 is 4.74 Å². The molecule has 2 aromatic carbocycles. The van der Waals surface area contributed by atoms with Crippen molar-refractivity contribution in [3.05, 3.63) is 64.0 Å². The van der Waals surface area contributed by atoms with Gasteiger partial charge in [0.1, 0.15) is 5.75 Å². The number of nitro groups is 1. The maximum atomic E-state index is 13.3. The smallest absolute Gasteiger partial charge is 0.306 e. The molecular weight excluding hydrogens is 327 g/mol. The first-order chi connectivity index (χ1) is 10.8. The largest absolute Gasteiger partial charge is 0.497 e. The number of sulfonamides is 1. The molecule has 0 spiro atoms. The van der Waals surface area contributed by atoms with Crippen LogP contribution in [0.4, 0.5) is 10.1 Å². The second kappa shape index (κ2) is 6.71. The highest BCUT2D eigenvalue weighted by atomic mass is 32.2. The lowest BCUT2D eigenvalue weighted by Crippen LogP contribution is -2.23. The third-order valence-corrected chi connectivity index (χ3v) is 4.42. The molecule has 0 atom stereocenters. The van der Waals surface area contributed by atoms with Crippen molar-refractivity contribution in [3.63, 3.8) is 0 Å². The van der Waals surface area contributed by atoms with Crippen LogP contribution in [0.2, 0.25) is 0 Å². The molecule has 0 heterocycles. The Kier molecular flexibility index (Phi) is 4.92. The molecule has 122 valence electrons. The molecule has 0 aliphatic carbocycles. The SMILES string of the molecule is COc1cccc(CNS(=O)(=O)c2ccc(F)c([N+](=O)[O-])c2)c1. The Labute approximate surface area is 131 Å². The van der Waals surface area contributed by atoms with Crippen molar-refractivity contribution >= 4 is 15.7 Å². The molecule has 0 amide bonds. The normalized spacial score (nSPS) is 11.2. The first-order valence-corrected chi connectivity index (χ1v) is 7.88. The zero-order chi connectivity index (χ0) is 17.0. The fourth-order valence-electron chi connectivity index (χ4n) is 1.84. The van der Waals surface area contributed by atoms with E-state index >= 15 is 0 Å². The number of nitrogens with zero attached hydrogens (tertiary/aromatic N) is 1. The number of methoxy groups -OCH3 is 1. The van der Waals surface area contributed by atoms with Gasteiger partial charge in [-0.2, -0.15) is 4.39 Å². The van der Waals surface area contributed by atoms with Gasteiger partial charge in [-0.25, -0.2) is 13.1 Å².